The van der Waals surface area contributed by atoms with Crippen molar-refractivity contribution in [1.82, 2.24) is 5.32 Å². The standard InChI is InChI=1S/C17H17N3O4/c1-11-9-14(5-8-16(11)20(23)24)17(22)18-10-13-3-6-15(7-4-13)19-12(2)21/h3-9H,10H2,1-2H3,(H,18,22)(H,19,21). The number of anilines is 1. The second-order valence-electron chi connectivity index (χ2n) is 5.32. The summed E-state index contributed by atoms with van der Waals surface area (Å²) in [5.41, 5.74) is 2.35. The van der Waals surface area contributed by atoms with Gasteiger partial charge in [-0.2, -0.15) is 0 Å². The van der Waals surface area contributed by atoms with Crippen LogP contribution in [0.4, 0.5) is 11.4 Å². The first-order valence-electron chi connectivity index (χ1n) is 7.26. The zero-order valence-corrected chi connectivity index (χ0v) is 13.3. The van der Waals surface area contributed by atoms with Crippen LogP contribution in [0.25, 0.3) is 0 Å². The molecule has 2 rings (SSSR count). The molecule has 0 unspecified atom stereocenters. The van der Waals surface area contributed by atoms with E-state index in [2.05, 4.69) is 10.6 Å². The van der Waals surface area contributed by atoms with Crippen molar-refractivity contribution in [3.63, 3.8) is 0 Å². The van der Waals surface area contributed by atoms with Gasteiger partial charge in [0.2, 0.25) is 5.91 Å². The Morgan fingerprint density at radius 1 is 1.12 bits per heavy atom. The number of nitro benzene ring substituents is 1. The van der Waals surface area contributed by atoms with Gasteiger partial charge in [0.1, 0.15) is 0 Å². The molecule has 2 aromatic rings. The van der Waals surface area contributed by atoms with Crippen LogP contribution in [0.2, 0.25) is 0 Å². The smallest absolute Gasteiger partial charge is 0.272 e. The molecule has 0 aliphatic rings. The van der Waals surface area contributed by atoms with Crippen molar-refractivity contribution in [2.75, 3.05) is 5.32 Å². The van der Waals surface area contributed by atoms with Gasteiger partial charge in [0, 0.05) is 36.3 Å². The van der Waals surface area contributed by atoms with Gasteiger partial charge in [-0.3, -0.25) is 19.7 Å². The van der Waals surface area contributed by atoms with E-state index in [0.717, 1.165) is 5.56 Å². The fourth-order valence-corrected chi connectivity index (χ4v) is 2.20. The van der Waals surface area contributed by atoms with Gasteiger partial charge in [-0.05, 0) is 36.8 Å². The molecular weight excluding hydrogens is 310 g/mol. The summed E-state index contributed by atoms with van der Waals surface area (Å²) in [7, 11) is 0. The largest absolute Gasteiger partial charge is 0.348 e. The molecule has 24 heavy (non-hydrogen) atoms. The highest BCUT2D eigenvalue weighted by molar-refractivity contribution is 5.94. The van der Waals surface area contributed by atoms with E-state index >= 15 is 0 Å². The van der Waals surface area contributed by atoms with Crippen LogP contribution in [-0.2, 0) is 11.3 Å². The van der Waals surface area contributed by atoms with E-state index in [1.165, 1.54) is 25.1 Å². The SMILES string of the molecule is CC(=O)Nc1ccc(CNC(=O)c2ccc([N+](=O)[O-])c(C)c2)cc1. The summed E-state index contributed by atoms with van der Waals surface area (Å²) < 4.78 is 0. The number of hydrogen-bond acceptors (Lipinski definition) is 4. The highest BCUT2D eigenvalue weighted by atomic mass is 16.6. The molecule has 0 radical (unpaired) electrons. The molecule has 7 heteroatoms. The Morgan fingerprint density at radius 3 is 2.33 bits per heavy atom. The lowest BCUT2D eigenvalue weighted by Crippen LogP contribution is -2.22. The summed E-state index contributed by atoms with van der Waals surface area (Å²) in [4.78, 5) is 33.4. The molecule has 2 amide bonds. The highest BCUT2D eigenvalue weighted by Gasteiger charge is 2.13. The topological polar surface area (TPSA) is 101 Å². The molecule has 0 atom stereocenters. The third-order valence-corrected chi connectivity index (χ3v) is 3.38. The Hall–Kier alpha value is -3.22. The van der Waals surface area contributed by atoms with Crippen LogP contribution in [0.15, 0.2) is 42.5 Å². The summed E-state index contributed by atoms with van der Waals surface area (Å²) in [6, 6.07) is 11.3. The molecule has 7 nitrogen and oxygen atoms in total. The van der Waals surface area contributed by atoms with Crippen molar-refractivity contribution in [1.29, 1.82) is 0 Å². The Balaban J connectivity index is 1.99. The predicted octanol–water partition coefficient (Wildman–Crippen LogP) is 2.79. The number of hydrogen-bond donors (Lipinski definition) is 2. The van der Waals surface area contributed by atoms with Crippen LogP contribution in [0.3, 0.4) is 0 Å². The molecular formula is C17H17N3O4. The molecule has 0 saturated heterocycles. The maximum Gasteiger partial charge on any atom is 0.272 e. The van der Waals surface area contributed by atoms with Gasteiger partial charge in [0.25, 0.3) is 11.6 Å². The summed E-state index contributed by atoms with van der Waals surface area (Å²) in [5, 5.41) is 16.2. The van der Waals surface area contributed by atoms with Crippen molar-refractivity contribution in [2.24, 2.45) is 0 Å². The summed E-state index contributed by atoms with van der Waals surface area (Å²) in [6.45, 7) is 3.34. The number of nitrogens with one attached hydrogen (secondary N) is 2. The summed E-state index contributed by atoms with van der Waals surface area (Å²) in [6.07, 6.45) is 0. The summed E-state index contributed by atoms with van der Waals surface area (Å²) >= 11 is 0. The van der Waals surface area contributed by atoms with Gasteiger partial charge in [0.05, 0.1) is 4.92 Å². The number of aryl methyl sites for hydroxylation is 1. The molecule has 0 spiro atoms. The Kier molecular flexibility index (Phi) is 5.26. The predicted molar refractivity (Wildman–Crippen MR) is 89.7 cm³/mol. The first kappa shape index (κ1) is 17.1. The minimum atomic E-state index is -0.479. The van der Waals surface area contributed by atoms with E-state index in [0.29, 0.717) is 23.4 Å². The quantitative estimate of drug-likeness (QED) is 0.651. The van der Waals surface area contributed by atoms with Crippen LogP contribution in [0.1, 0.15) is 28.4 Å². The van der Waals surface area contributed by atoms with Gasteiger partial charge in [-0.25, -0.2) is 0 Å². The molecule has 0 saturated carbocycles. The lowest BCUT2D eigenvalue weighted by Gasteiger charge is -2.08. The average Bonchev–Trinajstić information content (AvgIpc) is 2.53. The molecule has 2 aromatic carbocycles. The van der Waals surface area contributed by atoms with E-state index in [-0.39, 0.29) is 17.5 Å². The van der Waals surface area contributed by atoms with Crippen molar-refractivity contribution in [3.05, 3.63) is 69.3 Å². The van der Waals surface area contributed by atoms with Crippen LogP contribution in [-0.4, -0.2) is 16.7 Å². The van der Waals surface area contributed by atoms with Crippen LogP contribution in [0.5, 0.6) is 0 Å². The lowest BCUT2D eigenvalue weighted by molar-refractivity contribution is -0.385. The Labute approximate surface area is 138 Å². The van der Waals surface area contributed by atoms with Crippen molar-refractivity contribution in [3.8, 4) is 0 Å². The monoisotopic (exact) mass is 327 g/mol. The fraction of sp³-hybridized carbons (Fsp3) is 0.176. The third-order valence-electron chi connectivity index (χ3n) is 3.38. The van der Waals surface area contributed by atoms with Gasteiger partial charge in [-0.1, -0.05) is 12.1 Å². The second kappa shape index (κ2) is 7.36. The molecule has 0 aliphatic carbocycles. The first-order chi connectivity index (χ1) is 11.4. The molecule has 2 N–H and O–H groups in total. The average molecular weight is 327 g/mol. The Morgan fingerprint density at radius 2 is 1.79 bits per heavy atom. The minimum Gasteiger partial charge on any atom is -0.348 e. The maximum absolute atomic E-state index is 12.1. The maximum atomic E-state index is 12.1. The lowest BCUT2D eigenvalue weighted by atomic mass is 10.1. The minimum absolute atomic E-state index is 0.0138. The van der Waals surface area contributed by atoms with E-state index in [1.54, 1.807) is 31.2 Å². The Bertz CT molecular complexity index is 785. The van der Waals surface area contributed by atoms with Gasteiger partial charge >= 0.3 is 0 Å². The number of carbonyl (C=O) groups excluding carboxylic acids is 2. The molecule has 0 aromatic heterocycles. The zero-order valence-electron chi connectivity index (χ0n) is 13.3. The van der Waals surface area contributed by atoms with E-state index in [4.69, 9.17) is 0 Å². The number of amides is 2. The normalized spacial score (nSPS) is 10.1. The number of rotatable bonds is 5. The van der Waals surface area contributed by atoms with Crippen LogP contribution >= 0.6 is 0 Å². The third kappa shape index (κ3) is 4.39. The van der Waals surface area contributed by atoms with Gasteiger partial charge < -0.3 is 10.6 Å². The number of carbonyl (C=O) groups is 2. The number of nitro groups is 1. The van der Waals surface area contributed by atoms with E-state index in [1.807, 2.05) is 0 Å². The second-order valence-corrected chi connectivity index (χ2v) is 5.32. The van der Waals surface area contributed by atoms with Crippen molar-refractivity contribution in [2.45, 2.75) is 20.4 Å². The zero-order chi connectivity index (χ0) is 17.7. The number of nitrogens with zero attached hydrogens (tertiary/aromatic N) is 1. The fourth-order valence-electron chi connectivity index (χ4n) is 2.20. The van der Waals surface area contributed by atoms with Crippen LogP contribution < -0.4 is 10.6 Å². The summed E-state index contributed by atoms with van der Waals surface area (Å²) in [5.74, 6) is -0.455. The van der Waals surface area contributed by atoms with Gasteiger partial charge in [0.15, 0.2) is 0 Å². The van der Waals surface area contributed by atoms with E-state index < -0.39 is 4.92 Å². The van der Waals surface area contributed by atoms with E-state index in [9.17, 15) is 19.7 Å². The molecule has 0 heterocycles. The molecule has 124 valence electrons. The van der Waals surface area contributed by atoms with Gasteiger partial charge in [-0.15, -0.1) is 0 Å². The van der Waals surface area contributed by atoms with Crippen LogP contribution in [0, 0.1) is 17.0 Å². The molecule has 0 fully saturated rings. The highest BCUT2D eigenvalue weighted by Crippen LogP contribution is 2.18. The van der Waals surface area contributed by atoms with Crippen molar-refractivity contribution >= 4 is 23.2 Å². The molecule has 0 bridgehead atoms. The first-order valence-corrected chi connectivity index (χ1v) is 7.26. The van der Waals surface area contributed by atoms with Crippen molar-refractivity contribution < 1.29 is 14.5 Å². The number of benzene rings is 2. The molecule has 0 aliphatic heterocycles.